The van der Waals surface area contributed by atoms with Crippen molar-refractivity contribution in [3.63, 3.8) is 0 Å². The lowest BCUT2D eigenvalue weighted by molar-refractivity contribution is 0.0879. The molecule has 17 heavy (non-hydrogen) atoms. The van der Waals surface area contributed by atoms with Crippen LogP contribution in [0, 0.1) is 0 Å². The molecule has 0 spiro atoms. The van der Waals surface area contributed by atoms with Gasteiger partial charge in [0.1, 0.15) is 6.23 Å². The van der Waals surface area contributed by atoms with E-state index in [9.17, 15) is 0 Å². The van der Waals surface area contributed by atoms with Gasteiger partial charge in [0.15, 0.2) is 5.82 Å². The molecule has 1 unspecified atom stereocenters. The van der Waals surface area contributed by atoms with Crippen LogP contribution in [-0.2, 0) is 4.74 Å². The van der Waals surface area contributed by atoms with Gasteiger partial charge in [-0.25, -0.2) is 0 Å². The molecule has 1 N–H and O–H groups in total. The Morgan fingerprint density at radius 1 is 1.47 bits per heavy atom. The standard InChI is InChI=1S/C12H15N3OS/c1-16-11-8-13-6-7-15(11)12-9-4-2-3-5-10(9)17-14-12/h2-5,11,13H,6-8H2,1H3. The summed E-state index contributed by atoms with van der Waals surface area (Å²) >= 11 is 1.55. The SMILES string of the molecule is COC1CNCCN1c1nsc2ccccc12. The number of benzene rings is 1. The van der Waals surface area contributed by atoms with Crippen LogP contribution in [0.15, 0.2) is 24.3 Å². The molecule has 90 valence electrons. The van der Waals surface area contributed by atoms with E-state index < -0.39 is 0 Å². The van der Waals surface area contributed by atoms with Crippen molar-refractivity contribution >= 4 is 27.4 Å². The fraction of sp³-hybridized carbons (Fsp3) is 0.417. The van der Waals surface area contributed by atoms with Gasteiger partial charge in [0, 0.05) is 32.1 Å². The van der Waals surface area contributed by atoms with Crippen molar-refractivity contribution in [3.05, 3.63) is 24.3 Å². The number of anilines is 1. The van der Waals surface area contributed by atoms with E-state index in [-0.39, 0.29) is 6.23 Å². The number of ether oxygens (including phenoxy) is 1. The number of aromatic nitrogens is 1. The first kappa shape index (κ1) is 11.0. The smallest absolute Gasteiger partial charge is 0.152 e. The molecule has 1 atom stereocenters. The Labute approximate surface area is 104 Å². The van der Waals surface area contributed by atoms with Gasteiger partial charge in [-0.1, -0.05) is 12.1 Å². The summed E-state index contributed by atoms with van der Waals surface area (Å²) in [5, 5.41) is 4.56. The van der Waals surface area contributed by atoms with Gasteiger partial charge in [0.25, 0.3) is 0 Å². The molecule has 0 aliphatic carbocycles. The van der Waals surface area contributed by atoms with Crippen molar-refractivity contribution in [2.45, 2.75) is 6.23 Å². The average molecular weight is 249 g/mol. The molecule has 1 saturated heterocycles. The Morgan fingerprint density at radius 2 is 2.35 bits per heavy atom. The quantitative estimate of drug-likeness (QED) is 0.878. The van der Waals surface area contributed by atoms with Crippen LogP contribution in [0.4, 0.5) is 5.82 Å². The number of piperazine rings is 1. The van der Waals surface area contributed by atoms with E-state index in [1.165, 1.54) is 10.1 Å². The molecular formula is C12H15N3OS. The molecule has 1 aromatic carbocycles. The Bertz CT molecular complexity index is 513. The number of nitrogens with one attached hydrogen (secondary N) is 1. The van der Waals surface area contributed by atoms with Crippen LogP contribution in [0.3, 0.4) is 0 Å². The minimum absolute atomic E-state index is 0.0780. The Kier molecular flexibility index (Phi) is 2.96. The van der Waals surface area contributed by atoms with Crippen LogP contribution in [-0.4, -0.2) is 37.3 Å². The normalized spacial score (nSPS) is 21.0. The topological polar surface area (TPSA) is 37.4 Å². The number of methoxy groups -OCH3 is 1. The number of fused-ring (bicyclic) bond motifs is 1. The average Bonchev–Trinajstić information content (AvgIpc) is 2.82. The van der Waals surface area contributed by atoms with Crippen molar-refractivity contribution in [1.29, 1.82) is 0 Å². The van der Waals surface area contributed by atoms with Crippen molar-refractivity contribution < 1.29 is 4.74 Å². The first-order chi connectivity index (χ1) is 8.40. The van der Waals surface area contributed by atoms with Crippen LogP contribution in [0.1, 0.15) is 0 Å². The zero-order valence-corrected chi connectivity index (χ0v) is 10.5. The molecule has 0 saturated carbocycles. The van der Waals surface area contributed by atoms with Crippen molar-refractivity contribution in [3.8, 4) is 0 Å². The summed E-state index contributed by atoms with van der Waals surface area (Å²) in [6.45, 7) is 2.76. The van der Waals surface area contributed by atoms with E-state index >= 15 is 0 Å². The molecule has 0 radical (unpaired) electrons. The number of nitrogens with zero attached hydrogens (tertiary/aromatic N) is 2. The lowest BCUT2D eigenvalue weighted by Gasteiger charge is -2.35. The molecule has 2 aromatic rings. The first-order valence-electron chi connectivity index (χ1n) is 5.74. The second kappa shape index (κ2) is 4.60. The minimum atomic E-state index is 0.0780. The number of hydrogen-bond acceptors (Lipinski definition) is 5. The molecule has 5 heteroatoms. The van der Waals surface area contributed by atoms with Crippen LogP contribution in [0.25, 0.3) is 10.1 Å². The maximum Gasteiger partial charge on any atom is 0.152 e. The van der Waals surface area contributed by atoms with Gasteiger partial charge in [-0.2, -0.15) is 4.37 Å². The highest BCUT2D eigenvalue weighted by Gasteiger charge is 2.25. The predicted octanol–water partition coefficient (Wildman–Crippen LogP) is 1.68. The summed E-state index contributed by atoms with van der Waals surface area (Å²) in [5.74, 6) is 1.05. The van der Waals surface area contributed by atoms with E-state index in [0.29, 0.717) is 0 Å². The molecule has 2 heterocycles. The van der Waals surface area contributed by atoms with Gasteiger partial charge < -0.3 is 15.0 Å². The van der Waals surface area contributed by atoms with E-state index in [0.717, 1.165) is 25.5 Å². The summed E-state index contributed by atoms with van der Waals surface area (Å²) in [6.07, 6.45) is 0.0780. The molecule has 1 aliphatic heterocycles. The van der Waals surface area contributed by atoms with Gasteiger partial charge in [0.05, 0.1) is 4.70 Å². The fourth-order valence-corrected chi connectivity index (χ4v) is 3.00. The molecule has 3 rings (SSSR count). The Morgan fingerprint density at radius 3 is 3.24 bits per heavy atom. The second-order valence-electron chi connectivity index (χ2n) is 4.09. The summed E-state index contributed by atoms with van der Waals surface area (Å²) in [4.78, 5) is 2.25. The molecule has 1 fully saturated rings. The predicted molar refractivity (Wildman–Crippen MR) is 70.6 cm³/mol. The molecule has 4 nitrogen and oxygen atoms in total. The first-order valence-corrected chi connectivity index (χ1v) is 6.52. The van der Waals surface area contributed by atoms with Crippen molar-refractivity contribution in [1.82, 2.24) is 9.69 Å². The van der Waals surface area contributed by atoms with Gasteiger partial charge in [-0.3, -0.25) is 0 Å². The Balaban J connectivity index is 2.01. The van der Waals surface area contributed by atoms with Crippen LogP contribution in [0.5, 0.6) is 0 Å². The minimum Gasteiger partial charge on any atom is -0.360 e. The van der Waals surface area contributed by atoms with Crippen molar-refractivity contribution in [2.24, 2.45) is 0 Å². The summed E-state index contributed by atoms with van der Waals surface area (Å²) in [6, 6.07) is 8.35. The van der Waals surface area contributed by atoms with Crippen molar-refractivity contribution in [2.75, 3.05) is 31.6 Å². The largest absolute Gasteiger partial charge is 0.360 e. The second-order valence-corrected chi connectivity index (χ2v) is 4.90. The van der Waals surface area contributed by atoms with Crippen LogP contribution >= 0.6 is 11.5 Å². The van der Waals surface area contributed by atoms with E-state index in [2.05, 4.69) is 38.9 Å². The fourth-order valence-electron chi connectivity index (χ4n) is 2.21. The highest BCUT2D eigenvalue weighted by molar-refractivity contribution is 7.13. The van der Waals surface area contributed by atoms with Crippen LogP contribution in [0.2, 0.25) is 0 Å². The molecular weight excluding hydrogens is 234 g/mol. The lowest BCUT2D eigenvalue weighted by atomic mass is 10.2. The maximum absolute atomic E-state index is 5.50. The van der Waals surface area contributed by atoms with E-state index in [1.807, 2.05) is 0 Å². The van der Waals surface area contributed by atoms with E-state index in [1.54, 1.807) is 18.6 Å². The molecule has 0 amide bonds. The maximum atomic E-state index is 5.50. The zero-order valence-electron chi connectivity index (χ0n) is 9.72. The van der Waals surface area contributed by atoms with Gasteiger partial charge in [-0.15, -0.1) is 0 Å². The molecule has 1 aromatic heterocycles. The summed E-state index contributed by atoms with van der Waals surface area (Å²) in [7, 11) is 1.75. The van der Waals surface area contributed by atoms with Gasteiger partial charge in [-0.05, 0) is 23.7 Å². The van der Waals surface area contributed by atoms with Gasteiger partial charge in [0.2, 0.25) is 0 Å². The van der Waals surface area contributed by atoms with Crippen LogP contribution < -0.4 is 10.2 Å². The van der Waals surface area contributed by atoms with E-state index in [4.69, 9.17) is 4.74 Å². The Hall–Kier alpha value is -1.17. The number of hydrogen-bond donors (Lipinski definition) is 1. The summed E-state index contributed by atoms with van der Waals surface area (Å²) < 4.78 is 11.3. The molecule has 0 bridgehead atoms. The monoisotopic (exact) mass is 249 g/mol. The third kappa shape index (κ3) is 1.90. The lowest BCUT2D eigenvalue weighted by Crippen LogP contribution is -2.52. The highest BCUT2D eigenvalue weighted by Crippen LogP contribution is 2.30. The third-order valence-electron chi connectivity index (χ3n) is 3.10. The third-order valence-corrected chi connectivity index (χ3v) is 3.92. The number of rotatable bonds is 2. The summed E-state index contributed by atoms with van der Waals surface area (Å²) in [5.41, 5.74) is 0. The van der Waals surface area contributed by atoms with Gasteiger partial charge >= 0.3 is 0 Å². The highest BCUT2D eigenvalue weighted by atomic mass is 32.1. The zero-order chi connectivity index (χ0) is 11.7. The molecule has 1 aliphatic rings.